The minimum Gasteiger partial charge on any atom is -0.334 e. The molecule has 0 bridgehead atoms. The van der Waals surface area contributed by atoms with Gasteiger partial charge in [-0.3, -0.25) is 9.59 Å². The van der Waals surface area contributed by atoms with E-state index in [1.165, 1.54) is 6.21 Å². The van der Waals surface area contributed by atoms with Gasteiger partial charge in [-0.05, 0) is 37.0 Å². The summed E-state index contributed by atoms with van der Waals surface area (Å²) in [6.07, 6.45) is 4.54. The average Bonchev–Trinajstić information content (AvgIpc) is 2.47. The quantitative estimate of drug-likeness (QED) is 0.509. The van der Waals surface area contributed by atoms with Gasteiger partial charge in [0.15, 0.2) is 0 Å². The first kappa shape index (κ1) is 14.7. The van der Waals surface area contributed by atoms with Gasteiger partial charge in [-0.25, -0.2) is 5.43 Å². The zero-order chi connectivity index (χ0) is 14.4. The number of carbonyl (C=O) groups is 2. The third kappa shape index (κ3) is 4.16. The van der Waals surface area contributed by atoms with E-state index in [1.807, 2.05) is 24.3 Å². The average molecular weight is 338 g/mol. The molecule has 0 aliphatic carbocycles. The predicted molar refractivity (Wildman–Crippen MR) is 80.3 cm³/mol. The molecule has 0 radical (unpaired) electrons. The number of hydrogen-bond acceptors (Lipinski definition) is 3. The normalized spacial score (nSPS) is 15.3. The number of carbonyl (C=O) groups excluding carboxylic acids is 2. The van der Waals surface area contributed by atoms with E-state index in [-0.39, 0.29) is 0 Å². The van der Waals surface area contributed by atoms with Crippen LogP contribution in [0, 0.1) is 0 Å². The van der Waals surface area contributed by atoms with Crippen molar-refractivity contribution in [2.24, 2.45) is 5.10 Å². The Bertz CT molecular complexity index is 525. The molecule has 2 rings (SSSR count). The van der Waals surface area contributed by atoms with Gasteiger partial charge in [0.1, 0.15) is 0 Å². The molecule has 1 fully saturated rings. The van der Waals surface area contributed by atoms with Crippen molar-refractivity contribution < 1.29 is 9.59 Å². The topological polar surface area (TPSA) is 61.8 Å². The lowest BCUT2D eigenvalue weighted by Gasteiger charge is -2.25. The molecule has 1 heterocycles. The number of hydrazone groups is 1. The van der Waals surface area contributed by atoms with Crippen LogP contribution in [0.2, 0.25) is 0 Å². The molecule has 1 aromatic rings. The summed E-state index contributed by atoms with van der Waals surface area (Å²) in [4.78, 5) is 25.1. The van der Waals surface area contributed by atoms with Gasteiger partial charge in [0.05, 0.1) is 6.21 Å². The SMILES string of the molecule is O=C(N/N=C/c1cccc(Br)c1)C(=O)N1CCCCC1. The number of hydrogen-bond donors (Lipinski definition) is 1. The van der Waals surface area contributed by atoms with Gasteiger partial charge in [0.2, 0.25) is 0 Å². The summed E-state index contributed by atoms with van der Waals surface area (Å²) < 4.78 is 0.928. The van der Waals surface area contributed by atoms with Gasteiger partial charge < -0.3 is 4.90 Å². The molecule has 0 saturated carbocycles. The first-order valence-corrected chi connectivity index (χ1v) is 7.34. The van der Waals surface area contributed by atoms with Crippen LogP contribution in [0.15, 0.2) is 33.8 Å². The second kappa shape index (κ2) is 7.19. The standard InChI is InChI=1S/C14H16BrN3O2/c15-12-6-4-5-11(9-12)10-16-17-13(19)14(20)18-7-2-1-3-8-18/h4-6,9-10H,1-3,7-8H2,(H,17,19)/b16-10+. The van der Waals surface area contributed by atoms with Crippen LogP contribution in [-0.2, 0) is 9.59 Å². The minimum atomic E-state index is -0.682. The maximum absolute atomic E-state index is 11.8. The molecule has 2 amide bonds. The highest BCUT2D eigenvalue weighted by molar-refractivity contribution is 9.10. The van der Waals surface area contributed by atoms with Gasteiger partial charge in [-0.2, -0.15) is 5.10 Å². The molecule has 5 nitrogen and oxygen atoms in total. The molecule has 1 N–H and O–H groups in total. The highest BCUT2D eigenvalue weighted by Gasteiger charge is 2.22. The van der Waals surface area contributed by atoms with E-state index >= 15 is 0 Å². The van der Waals surface area contributed by atoms with E-state index in [4.69, 9.17) is 0 Å². The summed E-state index contributed by atoms with van der Waals surface area (Å²) in [6.45, 7) is 1.31. The van der Waals surface area contributed by atoms with Crippen LogP contribution in [0.3, 0.4) is 0 Å². The van der Waals surface area contributed by atoms with Gasteiger partial charge in [0, 0.05) is 17.6 Å². The summed E-state index contributed by atoms with van der Waals surface area (Å²) in [6, 6.07) is 7.48. The Kier molecular flexibility index (Phi) is 5.29. The fourth-order valence-electron chi connectivity index (χ4n) is 2.04. The molecule has 1 aliphatic heterocycles. The Morgan fingerprint density at radius 3 is 2.70 bits per heavy atom. The molecular weight excluding hydrogens is 322 g/mol. The van der Waals surface area contributed by atoms with Crippen LogP contribution in [0.5, 0.6) is 0 Å². The largest absolute Gasteiger partial charge is 0.334 e. The van der Waals surface area contributed by atoms with Crippen molar-refractivity contribution in [3.8, 4) is 0 Å². The van der Waals surface area contributed by atoms with Gasteiger partial charge in [-0.15, -0.1) is 0 Å². The summed E-state index contributed by atoms with van der Waals surface area (Å²) in [5.74, 6) is -1.19. The number of likely N-dealkylation sites (tertiary alicyclic amines) is 1. The fourth-order valence-corrected chi connectivity index (χ4v) is 2.46. The Hall–Kier alpha value is -1.69. The number of amides is 2. The maximum Gasteiger partial charge on any atom is 0.329 e. The summed E-state index contributed by atoms with van der Waals surface area (Å²) >= 11 is 3.35. The number of nitrogens with zero attached hydrogens (tertiary/aromatic N) is 2. The molecule has 1 aromatic carbocycles. The molecule has 1 saturated heterocycles. The summed E-state index contributed by atoms with van der Waals surface area (Å²) in [5.41, 5.74) is 3.11. The number of piperidine rings is 1. The van der Waals surface area contributed by atoms with Crippen molar-refractivity contribution in [3.63, 3.8) is 0 Å². The van der Waals surface area contributed by atoms with Gasteiger partial charge in [0.25, 0.3) is 0 Å². The van der Waals surface area contributed by atoms with E-state index in [9.17, 15) is 9.59 Å². The van der Waals surface area contributed by atoms with Crippen LogP contribution in [0.1, 0.15) is 24.8 Å². The van der Waals surface area contributed by atoms with Crippen molar-refractivity contribution in [2.45, 2.75) is 19.3 Å². The van der Waals surface area contributed by atoms with E-state index in [0.29, 0.717) is 13.1 Å². The van der Waals surface area contributed by atoms with Gasteiger partial charge >= 0.3 is 11.8 Å². The minimum absolute atomic E-state index is 0.504. The second-order valence-corrected chi connectivity index (χ2v) is 5.52. The Balaban J connectivity index is 1.86. The lowest BCUT2D eigenvalue weighted by molar-refractivity contribution is -0.146. The van der Waals surface area contributed by atoms with Crippen LogP contribution in [0.4, 0.5) is 0 Å². The molecule has 0 unspecified atom stereocenters. The molecule has 0 atom stereocenters. The molecule has 20 heavy (non-hydrogen) atoms. The third-order valence-corrected chi connectivity index (χ3v) is 3.56. The van der Waals surface area contributed by atoms with Crippen LogP contribution in [0.25, 0.3) is 0 Å². The van der Waals surface area contributed by atoms with E-state index < -0.39 is 11.8 Å². The van der Waals surface area contributed by atoms with Crippen LogP contribution in [-0.4, -0.2) is 36.0 Å². The maximum atomic E-state index is 11.8. The van der Waals surface area contributed by atoms with Crippen molar-refractivity contribution in [1.82, 2.24) is 10.3 Å². The van der Waals surface area contributed by atoms with Gasteiger partial charge in [-0.1, -0.05) is 28.1 Å². The van der Waals surface area contributed by atoms with E-state index in [2.05, 4.69) is 26.5 Å². The molecule has 0 spiro atoms. The first-order valence-electron chi connectivity index (χ1n) is 6.55. The monoisotopic (exact) mass is 337 g/mol. The lowest BCUT2D eigenvalue weighted by Crippen LogP contribution is -2.43. The molecular formula is C14H16BrN3O2. The predicted octanol–water partition coefficient (Wildman–Crippen LogP) is 1.91. The fraction of sp³-hybridized carbons (Fsp3) is 0.357. The lowest BCUT2D eigenvalue weighted by atomic mass is 10.1. The molecule has 0 aromatic heterocycles. The number of halogens is 1. The van der Waals surface area contributed by atoms with Crippen molar-refractivity contribution in [3.05, 3.63) is 34.3 Å². The number of rotatable bonds is 2. The third-order valence-electron chi connectivity index (χ3n) is 3.07. The van der Waals surface area contributed by atoms with Crippen LogP contribution < -0.4 is 5.43 Å². The summed E-state index contributed by atoms with van der Waals surface area (Å²) in [5, 5.41) is 3.81. The van der Waals surface area contributed by atoms with E-state index in [1.54, 1.807) is 4.90 Å². The first-order chi connectivity index (χ1) is 9.66. The van der Waals surface area contributed by atoms with Crippen molar-refractivity contribution in [1.29, 1.82) is 0 Å². The Labute approximate surface area is 126 Å². The van der Waals surface area contributed by atoms with Crippen molar-refractivity contribution >= 4 is 34.0 Å². The highest BCUT2D eigenvalue weighted by Crippen LogP contribution is 2.10. The number of benzene rings is 1. The Morgan fingerprint density at radius 2 is 2.00 bits per heavy atom. The van der Waals surface area contributed by atoms with Crippen LogP contribution >= 0.6 is 15.9 Å². The molecule has 1 aliphatic rings. The zero-order valence-electron chi connectivity index (χ0n) is 11.0. The summed E-state index contributed by atoms with van der Waals surface area (Å²) in [7, 11) is 0. The zero-order valence-corrected chi connectivity index (χ0v) is 12.6. The highest BCUT2D eigenvalue weighted by atomic mass is 79.9. The van der Waals surface area contributed by atoms with Crippen molar-refractivity contribution in [2.75, 3.05) is 13.1 Å². The van der Waals surface area contributed by atoms with E-state index in [0.717, 1.165) is 29.3 Å². The number of nitrogens with one attached hydrogen (secondary N) is 1. The Morgan fingerprint density at radius 1 is 1.25 bits per heavy atom. The smallest absolute Gasteiger partial charge is 0.329 e. The molecule has 106 valence electrons. The second-order valence-electron chi connectivity index (χ2n) is 4.61. The molecule has 6 heteroatoms.